The summed E-state index contributed by atoms with van der Waals surface area (Å²) >= 11 is 0. The molecular weight excluding hydrogens is 662 g/mol. The summed E-state index contributed by atoms with van der Waals surface area (Å²) < 4.78 is 42.7. The maximum Gasteiger partial charge on any atom is 0.303 e. The Morgan fingerprint density at radius 3 is 0.980 bits per heavy atom. The third-order valence-electron chi connectivity index (χ3n) is 7.52. The van der Waals surface area contributed by atoms with Crippen molar-refractivity contribution in [3.8, 4) is 0 Å². The Bertz CT molecular complexity index is 1210. The second-order valence-electron chi connectivity index (χ2n) is 11.9. The van der Waals surface area contributed by atoms with E-state index in [-0.39, 0.29) is 0 Å². The fourth-order valence-electron chi connectivity index (χ4n) is 5.99. The van der Waals surface area contributed by atoms with Gasteiger partial charge >= 0.3 is 47.8 Å². The summed E-state index contributed by atoms with van der Waals surface area (Å²) in [5.41, 5.74) is -4.66. The van der Waals surface area contributed by atoms with Crippen LogP contribution in [0.15, 0.2) is 0 Å². The van der Waals surface area contributed by atoms with E-state index >= 15 is 0 Å². The molecular formula is C30H43NO18. The van der Waals surface area contributed by atoms with E-state index in [9.17, 15) is 48.6 Å². The molecule has 19 heteroatoms. The van der Waals surface area contributed by atoms with Gasteiger partial charge in [-0.3, -0.25) is 38.4 Å². The van der Waals surface area contributed by atoms with Crippen LogP contribution in [0.4, 0.5) is 0 Å². The predicted octanol–water partition coefficient (Wildman–Crippen LogP) is -1.70. The van der Waals surface area contributed by atoms with Gasteiger partial charge in [-0.25, -0.2) is 0 Å². The van der Waals surface area contributed by atoms with Crippen molar-refractivity contribution in [3.63, 3.8) is 0 Å². The fourth-order valence-corrected chi connectivity index (χ4v) is 5.99. The fraction of sp³-hybridized carbons (Fsp3) is 0.733. The van der Waals surface area contributed by atoms with Crippen molar-refractivity contribution in [1.82, 2.24) is 5.32 Å². The van der Waals surface area contributed by atoms with Crippen LogP contribution in [0.5, 0.6) is 0 Å². The highest BCUT2D eigenvalue weighted by atomic mass is 16.6. The van der Waals surface area contributed by atoms with Crippen molar-refractivity contribution < 1.29 is 86.5 Å². The molecule has 276 valence electrons. The lowest BCUT2D eigenvalue weighted by Gasteiger charge is -2.52. The first-order valence-corrected chi connectivity index (χ1v) is 15.1. The van der Waals surface area contributed by atoms with Crippen LogP contribution in [0.1, 0.15) is 68.2 Å². The molecule has 0 bridgehead atoms. The van der Waals surface area contributed by atoms with Crippen molar-refractivity contribution >= 4 is 47.8 Å². The summed E-state index contributed by atoms with van der Waals surface area (Å²) in [5.74, 6) is -7.33. The van der Waals surface area contributed by atoms with Gasteiger partial charge in [-0.15, -0.1) is 0 Å². The minimum atomic E-state index is -2.33. The lowest BCUT2D eigenvalue weighted by molar-refractivity contribution is -0.248. The number of carbonyl (C=O) groups is 8. The Kier molecular flexibility index (Phi) is 14.0. The Labute approximate surface area is 281 Å². The van der Waals surface area contributed by atoms with Crippen molar-refractivity contribution in [1.29, 1.82) is 0 Å². The first-order valence-electron chi connectivity index (χ1n) is 15.1. The third kappa shape index (κ3) is 11.4. The maximum atomic E-state index is 12.4. The van der Waals surface area contributed by atoms with E-state index in [1.165, 1.54) is 0 Å². The Morgan fingerprint density at radius 1 is 0.469 bits per heavy atom. The largest absolute Gasteiger partial charge is 0.463 e. The van der Waals surface area contributed by atoms with E-state index in [1.807, 2.05) is 0 Å². The van der Waals surface area contributed by atoms with Crippen LogP contribution in [-0.2, 0) is 76.3 Å². The summed E-state index contributed by atoms with van der Waals surface area (Å²) in [6.45, 7) is 6.44. The lowest BCUT2D eigenvalue weighted by atomic mass is 9.72. The number of hydrogen-bond acceptors (Lipinski definition) is 19. The molecule has 0 heterocycles. The number of aliphatic hydroxyl groups is 2. The molecule has 0 spiro atoms. The molecule has 49 heavy (non-hydrogen) atoms. The molecule has 10 atom stereocenters. The van der Waals surface area contributed by atoms with E-state index in [0.29, 0.717) is 0 Å². The van der Waals surface area contributed by atoms with Gasteiger partial charge in [0.1, 0.15) is 24.4 Å². The first kappa shape index (κ1) is 40.8. The van der Waals surface area contributed by atoms with Gasteiger partial charge < -0.3 is 53.4 Å². The van der Waals surface area contributed by atoms with E-state index in [2.05, 4.69) is 5.32 Å². The van der Waals surface area contributed by atoms with Gasteiger partial charge in [-0.2, -0.15) is 0 Å². The molecule has 0 saturated heterocycles. The molecule has 2 rings (SSSR count). The quantitative estimate of drug-likeness (QED) is 0.151. The molecule has 0 aromatic rings. The molecule has 0 radical (unpaired) electrons. The monoisotopic (exact) mass is 705 g/mol. The van der Waals surface area contributed by atoms with E-state index < -0.39 is 134 Å². The second kappa shape index (κ2) is 16.8. The molecule has 19 nitrogen and oxygen atoms in total. The van der Waals surface area contributed by atoms with Gasteiger partial charge in [-0.1, -0.05) is 0 Å². The number of esters is 8. The molecule has 3 N–H and O–H groups in total. The molecule has 2 aliphatic rings. The average Bonchev–Trinajstić information content (AvgIpc) is 2.93. The van der Waals surface area contributed by atoms with Crippen molar-refractivity contribution in [3.05, 3.63) is 0 Å². The summed E-state index contributed by atoms with van der Waals surface area (Å²) in [6, 6.07) is -2.74. The highest BCUT2D eigenvalue weighted by Gasteiger charge is 2.62. The number of nitrogens with one attached hydrogen (secondary N) is 1. The molecule has 2 aliphatic carbocycles. The van der Waals surface area contributed by atoms with E-state index in [0.717, 1.165) is 55.4 Å². The van der Waals surface area contributed by atoms with Crippen LogP contribution in [0, 0.1) is 0 Å². The molecule has 0 unspecified atom stereocenters. The Hall–Kier alpha value is -4.36. The van der Waals surface area contributed by atoms with Gasteiger partial charge in [0, 0.05) is 68.2 Å². The molecule has 0 aromatic carbocycles. The maximum absolute atomic E-state index is 12.4. The standard InChI is InChI=1S/C30H43NO18/c1-13(32)42-11-29(40)9-21(23(44-15(3)34)25(46-17(5)36)27(29)48-19(7)38)31-22-10-30(41,12-43-14(2)33)28(49-20(8)39)26(47-18(6)37)24(22)45-16(4)35/h21-28,31,40-41H,9-12H2,1-8H3/t21-,22-,23-,24-,25+,26+,27-,28-,29-,30-/m0/s1. The van der Waals surface area contributed by atoms with E-state index in [4.69, 9.17) is 37.9 Å². The van der Waals surface area contributed by atoms with Crippen LogP contribution < -0.4 is 5.32 Å². The van der Waals surface area contributed by atoms with Crippen LogP contribution in [-0.4, -0.2) is 131 Å². The van der Waals surface area contributed by atoms with E-state index in [1.54, 1.807) is 0 Å². The summed E-state index contributed by atoms with van der Waals surface area (Å²) in [5, 5.41) is 26.8. The minimum Gasteiger partial charge on any atom is -0.463 e. The average molecular weight is 706 g/mol. The zero-order valence-corrected chi connectivity index (χ0v) is 28.4. The molecule has 2 fully saturated rings. The van der Waals surface area contributed by atoms with Crippen LogP contribution in [0.3, 0.4) is 0 Å². The number of rotatable bonds is 12. The minimum absolute atomic E-state index is 0.578. The lowest BCUT2D eigenvalue weighted by Crippen LogP contribution is -2.74. The predicted molar refractivity (Wildman–Crippen MR) is 156 cm³/mol. The zero-order chi connectivity index (χ0) is 37.4. The molecule has 0 aliphatic heterocycles. The smallest absolute Gasteiger partial charge is 0.303 e. The Balaban J connectivity index is 2.81. The number of ether oxygens (including phenoxy) is 8. The summed E-state index contributed by atoms with van der Waals surface area (Å²) in [6.07, 6.45) is -11.3. The van der Waals surface area contributed by atoms with Gasteiger partial charge in [0.15, 0.2) is 36.6 Å². The highest BCUT2D eigenvalue weighted by Crippen LogP contribution is 2.40. The zero-order valence-electron chi connectivity index (χ0n) is 28.4. The van der Waals surface area contributed by atoms with Crippen LogP contribution in [0.2, 0.25) is 0 Å². The normalized spacial score (nSPS) is 32.4. The summed E-state index contributed by atoms with van der Waals surface area (Å²) in [4.78, 5) is 97.2. The number of hydrogen-bond donors (Lipinski definition) is 3. The third-order valence-corrected chi connectivity index (χ3v) is 7.52. The first-order chi connectivity index (χ1) is 22.6. The van der Waals surface area contributed by atoms with Gasteiger partial charge in [-0.05, 0) is 0 Å². The Morgan fingerprint density at radius 2 is 0.735 bits per heavy atom. The van der Waals surface area contributed by atoms with Gasteiger partial charge in [0.2, 0.25) is 0 Å². The SMILES string of the molecule is CC(=O)OC[C@@]1(O)C[C@H](N[C@H]2C[C@](O)(COC(C)=O)[C@@H](OC(C)=O)[C@H](OC(C)=O)[C@H]2OC(C)=O)[C@H](OC(C)=O)[C@@H](OC(C)=O)[C@@H]1OC(C)=O. The van der Waals surface area contributed by atoms with Gasteiger partial charge in [0.25, 0.3) is 0 Å². The van der Waals surface area contributed by atoms with Gasteiger partial charge in [0.05, 0.1) is 12.1 Å². The number of carbonyl (C=O) groups excluding carboxylic acids is 8. The topological polar surface area (TPSA) is 263 Å². The highest BCUT2D eigenvalue weighted by molar-refractivity contribution is 5.70. The molecule has 0 aromatic heterocycles. The molecule has 2 saturated carbocycles. The van der Waals surface area contributed by atoms with Crippen molar-refractivity contribution in [2.45, 2.75) is 128 Å². The second-order valence-corrected chi connectivity index (χ2v) is 11.9. The molecule has 0 amide bonds. The van der Waals surface area contributed by atoms with Crippen LogP contribution in [0.25, 0.3) is 0 Å². The summed E-state index contributed by atoms with van der Waals surface area (Å²) in [7, 11) is 0. The van der Waals surface area contributed by atoms with Crippen molar-refractivity contribution in [2.24, 2.45) is 0 Å². The van der Waals surface area contributed by atoms with Crippen LogP contribution >= 0.6 is 0 Å². The van der Waals surface area contributed by atoms with Crippen molar-refractivity contribution in [2.75, 3.05) is 13.2 Å².